The first-order valence-corrected chi connectivity index (χ1v) is 10.8. The van der Waals surface area contributed by atoms with Crippen molar-refractivity contribution in [1.29, 1.82) is 0 Å². The van der Waals surface area contributed by atoms with Gasteiger partial charge in [-0.2, -0.15) is 5.10 Å². The first kappa shape index (κ1) is 20.3. The van der Waals surface area contributed by atoms with E-state index < -0.39 is 0 Å². The van der Waals surface area contributed by atoms with Gasteiger partial charge in [0.05, 0.1) is 6.20 Å². The van der Waals surface area contributed by atoms with E-state index in [-0.39, 0.29) is 5.75 Å². The molecule has 0 amide bonds. The van der Waals surface area contributed by atoms with Crippen LogP contribution in [0.3, 0.4) is 0 Å². The zero-order chi connectivity index (χ0) is 22.2. The molecule has 9 heteroatoms. The van der Waals surface area contributed by atoms with Crippen LogP contribution in [-0.2, 0) is 0 Å². The van der Waals surface area contributed by atoms with Gasteiger partial charge in [-0.1, -0.05) is 19.9 Å². The molecule has 1 saturated heterocycles. The molecule has 0 radical (unpaired) electrons. The van der Waals surface area contributed by atoms with Gasteiger partial charge in [-0.25, -0.2) is 14.5 Å². The second-order valence-electron chi connectivity index (χ2n) is 8.50. The molecule has 1 aromatic carbocycles. The topological polar surface area (TPSA) is 104 Å². The largest absolute Gasteiger partial charge is 0.507 e. The van der Waals surface area contributed by atoms with Gasteiger partial charge >= 0.3 is 0 Å². The second kappa shape index (κ2) is 8.16. The van der Waals surface area contributed by atoms with E-state index in [0.717, 1.165) is 42.2 Å². The molecule has 0 bridgehead atoms. The maximum absolute atomic E-state index is 10.7. The normalized spacial score (nSPS) is 16.8. The summed E-state index contributed by atoms with van der Waals surface area (Å²) in [6.45, 7) is 8.88. The van der Waals surface area contributed by atoms with Crippen LogP contribution in [0.4, 0.5) is 5.95 Å². The third-order valence-electron chi connectivity index (χ3n) is 5.89. The summed E-state index contributed by atoms with van der Waals surface area (Å²) in [5, 5.41) is 27.2. The fourth-order valence-electron chi connectivity index (χ4n) is 4.04. The summed E-state index contributed by atoms with van der Waals surface area (Å²) in [4.78, 5) is 11.1. The number of aryl methyl sites for hydroxylation is 1. The van der Waals surface area contributed by atoms with E-state index in [4.69, 9.17) is 0 Å². The molecule has 0 saturated carbocycles. The van der Waals surface area contributed by atoms with Gasteiger partial charge in [0.15, 0.2) is 5.65 Å². The Bertz CT molecular complexity index is 1250. The average Bonchev–Trinajstić information content (AvgIpc) is 3.18. The highest BCUT2D eigenvalue weighted by molar-refractivity contribution is 5.75. The number of fused-ring (bicyclic) bond motifs is 1. The van der Waals surface area contributed by atoms with E-state index >= 15 is 0 Å². The van der Waals surface area contributed by atoms with E-state index in [1.54, 1.807) is 16.8 Å². The number of piperazine rings is 1. The number of anilines is 1. The molecular formula is C23H26N8O. The lowest BCUT2D eigenvalue weighted by atomic mass is 10.0. The molecule has 0 unspecified atom stereocenters. The number of aromatic hydroxyl groups is 1. The van der Waals surface area contributed by atoms with E-state index in [1.807, 2.05) is 37.4 Å². The molecule has 4 heterocycles. The predicted octanol–water partition coefficient (Wildman–Crippen LogP) is 2.70. The van der Waals surface area contributed by atoms with Crippen molar-refractivity contribution in [3.05, 3.63) is 48.5 Å². The highest BCUT2D eigenvalue weighted by Gasteiger charge is 2.23. The summed E-state index contributed by atoms with van der Waals surface area (Å²) in [5.41, 5.74) is 3.73. The fraction of sp³-hybridized carbons (Fsp3) is 0.348. The number of nitrogens with zero attached hydrogens (tertiary/aromatic N) is 7. The summed E-state index contributed by atoms with van der Waals surface area (Å²) in [5.74, 6) is 2.00. The van der Waals surface area contributed by atoms with Gasteiger partial charge in [0.25, 0.3) is 0 Å². The number of hydrogen-bond donors (Lipinski definition) is 2. The Hall–Kier alpha value is -3.59. The van der Waals surface area contributed by atoms with Gasteiger partial charge in [-0.15, -0.1) is 10.2 Å². The SMILES string of the molecule is Cc1nc2cc(-c3ccc(-c4cnc(N5CCN[C@@H](C(C)C)C5)nn4)c(O)c3)ccn2n1. The minimum Gasteiger partial charge on any atom is -0.507 e. The molecule has 1 atom stereocenters. The highest BCUT2D eigenvalue weighted by Crippen LogP contribution is 2.32. The molecule has 5 rings (SSSR count). The lowest BCUT2D eigenvalue weighted by molar-refractivity contribution is 0.365. The van der Waals surface area contributed by atoms with Gasteiger partial charge in [0.1, 0.15) is 17.3 Å². The number of aromatic nitrogens is 6. The predicted molar refractivity (Wildman–Crippen MR) is 122 cm³/mol. The van der Waals surface area contributed by atoms with Crippen LogP contribution in [0.25, 0.3) is 28.0 Å². The van der Waals surface area contributed by atoms with Crippen LogP contribution < -0.4 is 10.2 Å². The fourth-order valence-corrected chi connectivity index (χ4v) is 4.04. The van der Waals surface area contributed by atoms with E-state index in [0.29, 0.717) is 29.2 Å². The number of benzene rings is 1. The molecule has 1 fully saturated rings. The molecule has 0 aliphatic carbocycles. The molecule has 1 aliphatic heterocycles. The zero-order valence-electron chi connectivity index (χ0n) is 18.4. The molecule has 9 nitrogen and oxygen atoms in total. The first-order valence-electron chi connectivity index (χ1n) is 10.8. The lowest BCUT2D eigenvalue weighted by Crippen LogP contribution is -2.53. The Labute approximate surface area is 186 Å². The van der Waals surface area contributed by atoms with Crippen LogP contribution in [0, 0.1) is 12.8 Å². The molecule has 164 valence electrons. The van der Waals surface area contributed by atoms with Gasteiger partial charge in [0.2, 0.25) is 5.95 Å². The smallest absolute Gasteiger partial charge is 0.245 e. The zero-order valence-corrected chi connectivity index (χ0v) is 18.4. The summed E-state index contributed by atoms with van der Waals surface area (Å²) in [6, 6.07) is 9.82. The average molecular weight is 431 g/mol. The number of pyridine rings is 1. The van der Waals surface area contributed by atoms with Crippen molar-refractivity contribution in [3.8, 4) is 28.1 Å². The summed E-state index contributed by atoms with van der Waals surface area (Å²) in [6.07, 6.45) is 3.54. The van der Waals surface area contributed by atoms with Crippen molar-refractivity contribution in [2.24, 2.45) is 5.92 Å². The Kier molecular flexibility index (Phi) is 5.18. The summed E-state index contributed by atoms with van der Waals surface area (Å²) in [7, 11) is 0. The molecule has 0 spiro atoms. The summed E-state index contributed by atoms with van der Waals surface area (Å²) < 4.78 is 1.73. The monoisotopic (exact) mass is 430 g/mol. The molecule has 3 aromatic heterocycles. The number of phenols is 1. The van der Waals surface area contributed by atoms with Crippen molar-refractivity contribution in [2.75, 3.05) is 24.5 Å². The van der Waals surface area contributed by atoms with Crippen LogP contribution in [-0.4, -0.2) is 60.6 Å². The van der Waals surface area contributed by atoms with Crippen LogP contribution >= 0.6 is 0 Å². The molecular weight excluding hydrogens is 404 g/mol. The Morgan fingerprint density at radius 1 is 1.12 bits per heavy atom. The molecule has 4 aromatic rings. The highest BCUT2D eigenvalue weighted by atomic mass is 16.3. The van der Waals surface area contributed by atoms with Crippen LogP contribution in [0.5, 0.6) is 5.75 Å². The standard InChI is InChI=1S/C23H26N8O/c1-14(2)20-13-30(9-7-24-20)23-25-12-19(27-28-23)18-5-4-16(10-21(18)32)17-6-8-31-22(11-17)26-15(3)29-31/h4-6,8,10-12,14,20,24,32H,7,9,13H2,1-3H3/t20-/m1/s1. The van der Waals surface area contributed by atoms with Crippen molar-refractivity contribution in [2.45, 2.75) is 26.8 Å². The van der Waals surface area contributed by atoms with Gasteiger partial charge < -0.3 is 15.3 Å². The number of nitrogens with one attached hydrogen (secondary N) is 1. The quantitative estimate of drug-likeness (QED) is 0.509. The third kappa shape index (κ3) is 3.87. The maximum atomic E-state index is 10.7. The molecule has 2 N–H and O–H groups in total. The van der Waals surface area contributed by atoms with Crippen molar-refractivity contribution >= 4 is 11.6 Å². The third-order valence-corrected chi connectivity index (χ3v) is 5.89. The molecule has 32 heavy (non-hydrogen) atoms. The Morgan fingerprint density at radius 2 is 1.97 bits per heavy atom. The second-order valence-corrected chi connectivity index (χ2v) is 8.50. The number of rotatable bonds is 4. The number of hydrogen-bond acceptors (Lipinski definition) is 8. The van der Waals surface area contributed by atoms with E-state index in [2.05, 4.69) is 49.3 Å². The van der Waals surface area contributed by atoms with Crippen LogP contribution in [0.2, 0.25) is 0 Å². The van der Waals surface area contributed by atoms with Crippen molar-refractivity contribution < 1.29 is 5.11 Å². The van der Waals surface area contributed by atoms with Crippen molar-refractivity contribution in [3.63, 3.8) is 0 Å². The van der Waals surface area contributed by atoms with Gasteiger partial charge in [0, 0.05) is 37.4 Å². The maximum Gasteiger partial charge on any atom is 0.245 e. The number of phenolic OH excluding ortho intramolecular Hbond substituents is 1. The Morgan fingerprint density at radius 3 is 2.72 bits per heavy atom. The van der Waals surface area contributed by atoms with E-state index in [1.165, 1.54) is 0 Å². The van der Waals surface area contributed by atoms with Gasteiger partial charge in [-0.05, 0) is 48.2 Å². The lowest BCUT2D eigenvalue weighted by Gasteiger charge is -2.35. The van der Waals surface area contributed by atoms with Crippen molar-refractivity contribution in [1.82, 2.24) is 35.1 Å². The minimum absolute atomic E-state index is 0.130. The van der Waals surface area contributed by atoms with Gasteiger partial charge in [-0.3, -0.25) is 0 Å². The molecule has 1 aliphatic rings. The minimum atomic E-state index is 0.130. The first-order chi connectivity index (χ1) is 15.5. The van der Waals surface area contributed by atoms with Crippen LogP contribution in [0.1, 0.15) is 19.7 Å². The summed E-state index contributed by atoms with van der Waals surface area (Å²) >= 11 is 0. The van der Waals surface area contributed by atoms with E-state index in [9.17, 15) is 5.11 Å². The van der Waals surface area contributed by atoms with Crippen LogP contribution in [0.15, 0.2) is 42.7 Å². The Balaban J connectivity index is 1.38.